The Morgan fingerprint density at radius 3 is 2.29 bits per heavy atom. The molecule has 1 heterocycles. The Hall–Kier alpha value is -1.13. The molecule has 0 aromatic carbocycles. The summed E-state index contributed by atoms with van der Waals surface area (Å²) < 4.78 is 0. The van der Waals surface area contributed by atoms with Crippen LogP contribution < -0.4 is 5.32 Å². The van der Waals surface area contributed by atoms with E-state index in [0.717, 1.165) is 19.6 Å². The molecule has 1 aliphatic heterocycles. The fourth-order valence-electron chi connectivity index (χ4n) is 1.89. The molecule has 0 aromatic heterocycles. The van der Waals surface area contributed by atoms with Crippen molar-refractivity contribution in [2.24, 2.45) is 0 Å². The van der Waals surface area contributed by atoms with Crippen molar-refractivity contribution in [3.05, 3.63) is 25.3 Å². The molecule has 4 nitrogen and oxygen atoms in total. The van der Waals surface area contributed by atoms with E-state index in [1.165, 1.54) is 0 Å². The van der Waals surface area contributed by atoms with Gasteiger partial charge < -0.3 is 10.2 Å². The average molecular weight is 237 g/mol. The van der Waals surface area contributed by atoms with E-state index >= 15 is 0 Å². The third kappa shape index (κ3) is 3.98. The van der Waals surface area contributed by atoms with E-state index in [4.69, 9.17) is 0 Å². The quantitative estimate of drug-likeness (QED) is 0.624. The monoisotopic (exact) mass is 237 g/mol. The van der Waals surface area contributed by atoms with Crippen LogP contribution in [-0.2, 0) is 4.79 Å². The van der Waals surface area contributed by atoms with Crippen molar-refractivity contribution < 1.29 is 4.79 Å². The maximum atomic E-state index is 12.1. The fourth-order valence-corrected chi connectivity index (χ4v) is 1.89. The largest absolute Gasteiger partial charge is 0.334 e. The summed E-state index contributed by atoms with van der Waals surface area (Å²) in [5.41, 5.74) is 0. The van der Waals surface area contributed by atoms with Crippen LogP contribution in [-0.4, -0.2) is 61.0 Å². The molecule has 96 valence electrons. The van der Waals surface area contributed by atoms with Crippen LogP contribution in [0.3, 0.4) is 0 Å². The molecule has 0 aromatic rings. The number of hydrogen-bond acceptors (Lipinski definition) is 3. The van der Waals surface area contributed by atoms with Gasteiger partial charge in [-0.05, 0) is 6.54 Å². The topological polar surface area (TPSA) is 35.6 Å². The minimum absolute atomic E-state index is 0.151. The summed E-state index contributed by atoms with van der Waals surface area (Å²) in [4.78, 5) is 16.1. The zero-order chi connectivity index (χ0) is 12.7. The highest BCUT2D eigenvalue weighted by Crippen LogP contribution is 2.05. The molecule has 0 bridgehead atoms. The molecule has 0 spiro atoms. The van der Waals surface area contributed by atoms with Gasteiger partial charge in [0.2, 0.25) is 5.91 Å². The van der Waals surface area contributed by atoms with Crippen molar-refractivity contribution in [3.63, 3.8) is 0 Å². The zero-order valence-electron chi connectivity index (χ0n) is 10.7. The molecular weight excluding hydrogens is 214 g/mol. The Bertz CT molecular complexity index is 264. The SMILES string of the molecule is C=CCN(CC=C)C(=O)CN(CC)C1CNC1. The maximum absolute atomic E-state index is 12.1. The highest BCUT2D eigenvalue weighted by molar-refractivity contribution is 5.78. The number of rotatable bonds is 8. The van der Waals surface area contributed by atoms with Gasteiger partial charge in [0.1, 0.15) is 0 Å². The second-order valence-electron chi connectivity index (χ2n) is 4.25. The first-order chi connectivity index (χ1) is 8.22. The van der Waals surface area contributed by atoms with Gasteiger partial charge in [-0.15, -0.1) is 13.2 Å². The van der Waals surface area contributed by atoms with E-state index in [0.29, 0.717) is 25.7 Å². The highest BCUT2D eigenvalue weighted by atomic mass is 16.2. The molecule has 0 radical (unpaired) electrons. The number of carbonyl (C=O) groups excluding carboxylic acids is 1. The molecule has 4 heteroatoms. The molecular formula is C13H23N3O. The van der Waals surface area contributed by atoms with E-state index in [9.17, 15) is 4.79 Å². The summed E-state index contributed by atoms with van der Waals surface area (Å²) >= 11 is 0. The predicted molar refractivity (Wildman–Crippen MR) is 70.9 cm³/mol. The molecule has 0 aliphatic carbocycles. The van der Waals surface area contributed by atoms with E-state index in [-0.39, 0.29) is 5.91 Å². The molecule has 1 saturated heterocycles. The predicted octanol–water partition coefficient (Wildman–Crippen LogP) is 0.481. The van der Waals surface area contributed by atoms with Gasteiger partial charge in [0.25, 0.3) is 0 Å². The minimum atomic E-state index is 0.151. The van der Waals surface area contributed by atoms with Crippen LogP contribution in [0.15, 0.2) is 25.3 Å². The first kappa shape index (κ1) is 13.9. The Balaban J connectivity index is 2.47. The van der Waals surface area contributed by atoms with Crippen LogP contribution in [0.2, 0.25) is 0 Å². The fraction of sp³-hybridized carbons (Fsp3) is 0.615. The molecule has 0 saturated carbocycles. The molecule has 0 unspecified atom stereocenters. The Labute approximate surface area is 104 Å². The summed E-state index contributed by atoms with van der Waals surface area (Å²) in [6.07, 6.45) is 3.51. The number of hydrogen-bond donors (Lipinski definition) is 1. The van der Waals surface area contributed by atoms with Crippen LogP contribution in [0, 0.1) is 0 Å². The van der Waals surface area contributed by atoms with Gasteiger partial charge in [-0.1, -0.05) is 19.1 Å². The molecule has 1 aliphatic rings. The van der Waals surface area contributed by atoms with Crippen molar-refractivity contribution in [1.29, 1.82) is 0 Å². The van der Waals surface area contributed by atoms with Crippen LogP contribution in [0.5, 0.6) is 0 Å². The lowest BCUT2D eigenvalue weighted by Gasteiger charge is -2.38. The first-order valence-electron chi connectivity index (χ1n) is 6.17. The number of likely N-dealkylation sites (N-methyl/N-ethyl adjacent to an activating group) is 1. The highest BCUT2D eigenvalue weighted by Gasteiger charge is 2.25. The lowest BCUT2D eigenvalue weighted by Crippen LogP contribution is -2.59. The first-order valence-corrected chi connectivity index (χ1v) is 6.17. The van der Waals surface area contributed by atoms with Gasteiger partial charge in [-0.25, -0.2) is 0 Å². The van der Waals surface area contributed by atoms with Crippen molar-refractivity contribution in [2.75, 3.05) is 39.3 Å². The lowest BCUT2D eigenvalue weighted by atomic mass is 10.1. The third-order valence-corrected chi connectivity index (χ3v) is 3.07. The van der Waals surface area contributed by atoms with E-state index in [1.807, 2.05) is 0 Å². The minimum Gasteiger partial charge on any atom is -0.334 e. The number of nitrogens with zero attached hydrogens (tertiary/aromatic N) is 2. The summed E-state index contributed by atoms with van der Waals surface area (Å²) in [6.45, 7) is 14.0. The smallest absolute Gasteiger partial charge is 0.237 e. The van der Waals surface area contributed by atoms with Crippen molar-refractivity contribution in [3.8, 4) is 0 Å². The number of amides is 1. The Kier molecular flexibility index (Phi) is 5.94. The standard InChI is InChI=1S/C13H23N3O/c1-4-7-16(8-5-2)13(17)11-15(6-3)12-9-14-10-12/h4-5,12,14H,1-2,6-11H2,3H3. The summed E-state index contributed by atoms with van der Waals surface area (Å²) in [5, 5.41) is 3.23. The summed E-state index contributed by atoms with van der Waals surface area (Å²) in [5.74, 6) is 0.151. The number of carbonyl (C=O) groups is 1. The normalized spacial score (nSPS) is 15.4. The summed E-state index contributed by atoms with van der Waals surface area (Å²) in [7, 11) is 0. The molecule has 0 atom stereocenters. The van der Waals surface area contributed by atoms with Gasteiger partial charge in [0, 0.05) is 32.2 Å². The van der Waals surface area contributed by atoms with Gasteiger partial charge in [0.05, 0.1) is 6.54 Å². The lowest BCUT2D eigenvalue weighted by molar-refractivity contribution is -0.132. The van der Waals surface area contributed by atoms with Crippen LogP contribution in [0.25, 0.3) is 0 Å². The van der Waals surface area contributed by atoms with Gasteiger partial charge in [-0.3, -0.25) is 9.69 Å². The average Bonchev–Trinajstić information content (AvgIpc) is 2.25. The Morgan fingerprint density at radius 2 is 1.94 bits per heavy atom. The van der Waals surface area contributed by atoms with Crippen LogP contribution in [0.1, 0.15) is 6.92 Å². The van der Waals surface area contributed by atoms with Gasteiger partial charge >= 0.3 is 0 Å². The van der Waals surface area contributed by atoms with Crippen LogP contribution >= 0.6 is 0 Å². The van der Waals surface area contributed by atoms with E-state index < -0.39 is 0 Å². The van der Waals surface area contributed by atoms with Gasteiger partial charge in [0.15, 0.2) is 0 Å². The molecule has 17 heavy (non-hydrogen) atoms. The van der Waals surface area contributed by atoms with Crippen molar-refractivity contribution >= 4 is 5.91 Å². The third-order valence-electron chi connectivity index (χ3n) is 3.07. The second-order valence-corrected chi connectivity index (χ2v) is 4.25. The Morgan fingerprint density at radius 1 is 1.35 bits per heavy atom. The summed E-state index contributed by atoms with van der Waals surface area (Å²) in [6, 6.07) is 0.512. The zero-order valence-corrected chi connectivity index (χ0v) is 10.7. The molecule has 1 fully saturated rings. The van der Waals surface area contributed by atoms with E-state index in [2.05, 4.69) is 30.3 Å². The van der Waals surface area contributed by atoms with E-state index in [1.54, 1.807) is 17.1 Å². The van der Waals surface area contributed by atoms with Gasteiger partial charge in [-0.2, -0.15) is 0 Å². The molecule has 1 N–H and O–H groups in total. The second kappa shape index (κ2) is 7.25. The molecule has 1 amide bonds. The maximum Gasteiger partial charge on any atom is 0.237 e. The molecule has 1 rings (SSSR count). The number of nitrogens with one attached hydrogen (secondary N) is 1. The van der Waals surface area contributed by atoms with Crippen LogP contribution in [0.4, 0.5) is 0 Å². The van der Waals surface area contributed by atoms with Crippen molar-refractivity contribution in [2.45, 2.75) is 13.0 Å². The van der Waals surface area contributed by atoms with Crippen molar-refractivity contribution in [1.82, 2.24) is 15.1 Å².